The number of allylic oxidation sites excluding steroid dienone is 3. The number of fused-ring (bicyclic) bond motifs is 1. The van der Waals surface area contributed by atoms with Crippen LogP contribution in [0.2, 0.25) is 0 Å². The molecular formula is C22H27N3. The smallest absolute Gasteiger partial charge is 0.136 e. The Hall–Kier alpha value is -2.42. The topological polar surface area (TPSA) is 29.0 Å². The van der Waals surface area contributed by atoms with Crippen molar-refractivity contribution in [3.63, 3.8) is 0 Å². The lowest BCUT2D eigenvalue weighted by Crippen LogP contribution is -2.26. The molecule has 3 rings (SSSR count). The minimum absolute atomic E-state index is 0.0959. The van der Waals surface area contributed by atoms with Crippen LogP contribution < -0.4 is 4.90 Å². The van der Waals surface area contributed by atoms with Crippen molar-refractivity contribution in [1.29, 1.82) is 0 Å². The Morgan fingerprint density at radius 2 is 1.80 bits per heavy atom. The van der Waals surface area contributed by atoms with Crippen molar-refractivity contribution in [3.05, 3.63) is 77.4 Å². The summed E-state index contributed by atoms with van der Waals surface area (Å²) in [4.78, 5) is 11.2. The molecule has 3 heteroatoms. The molecule has 0 atom stereocenters. The SMILES string of the molecule is C=C(C=C1N(C)c2ncccc2C1(C)C)C(C)(C)c1cccnc1C. The van der Waals surface area contributed by atoms with Crippen LogP contribution in [0.3, 0.4) is 0 Å². The second kappa shape index (κ2) is 5.83. The standard InChI is InChI=1S/C22H27N3/c1-15(21(3,4)17-10-8-12-23-16(17)2)14-19-22(5,6)18-11-9-13-24-20(18)25(19)7/h8-14H,1H2,2-7H3. The average Bonchev–Trinajstić information content (AvgIpc) is 2.76. The quantitative estimate of drug-likeness (QED) is 0.797. The summed E-state index contributed by atoms with van der Waals surface area (Å²) >= 11 is 0. The summed E-state index contributed by atoms with van der Waals surface area (Å²) in [5, 5.41) is 0. The number of aromatic nitrogens is 2. The zero-order valence-corrected chi connectivity index (χ0v) is 16.1. The first kappa shape index (κ1) is 17.4. The van der Waals surface area contributed by atoms with Crippen molar-refractivity contribution >= 4 is 5.82 Å². The number of anilines is 1. The van der Waals surface area contributed by atoms with E-state index in [-0.39, 0.29) is 10.8 Å². The first-order valence-corrected chi connectivity index (χ1v) is 8.70. The highest BCUT2D eigenvalue weighted by atomic mass is 15.2. The number of hydrogen-bond donors (Lipinski definition) is 0. The molecule has 2 aromatic heterocycles. The fraction of sp³-hybridized carbons (Fsp3) is 0.364. The maximum Gasteiger partial charge on any atom is 0.136 e. The van der Waals surface area contributed by atoms with E-state index in [2.05, 4.69) is 81.3 Å². The van der Waals surface area contributed by atoms with Crippen LogP contribution in [0.25, 0.3) is 0 Å². The minimum Gasteiger partial charge on any atom is -0.332 e. The third kappa shape index (κ3) is 2.68. The minimum atomic E-state index is -0.190. The van der Waals surface area contributed by atoms with E-state index in [1.54, 1.807) is 0 Å². The number of nitrogens with zero attached hydrogens (tertiary/aromatic N) is 3. The lowest BCUT2D eigenvalue weighted by atomic mass is 9.75. The summed E-state index contributed by atoms with van der Waals surface area (Å²) in [6, 6.07) is 8.32. The molecular weight excluding hydrogens is 306 g/mol. The highest BCUT2D eigenvalue weighted by Crippen LogP contribution is 2.46. The Labute approximate surface area is 151 Å². The van der Waals surface area contributed by atoms with E-state index < -0.39 is 0 Å². The van der Waals surface area contributed by atoms with Crippen molar-refractivity contribution in [2.45, 2.75) is 45.4 Å². The van der Waals surface area contributed by atoms with Gasteiger partial charge in [0.2, 0.25) is 0 Å². The molecule has 25 heavy (non-hydrogen) atoms. The van der Waals surface area contributed by atoms with E-state index in [0.717, 1.165) is 17.1 Å². The van der Waals surface area contributed by atoms with Crippen LogP contribution in [-0.2, 0) is 10.8 Å². The van der Waals surface area contributed by atoms with E-state index in [0.29, 0.717) is 0 Å². The monoisotopic (exact) mass is 333 g/mol. The summed E-state index contributed by atoms with van der Waals surface area (Å²) in [5.74, 6) is 1.03. The van der Waals surface area contributed by atoms with Gasteiger partial charge in [0.15, 0.2) is 0 Å². The van der Waals surface area contributed by atoms with Crippen LogP contribution in [-0.4, -0.2) is 17.0 Å². The summed E-state index contributed by atoms with van der Waals surface area (Å²) in [7, 11) is 2.09. The molecule has 0 saturated heterocycles. The predicted octanol–water partition coefficient (Wildman–Crippen LogP) is 4.93. The zero-order valence-electron chi connectivity index (χ0n) is 16.1. The molecule has 3 heterocycles. The van der Waals surface area contributed by atoms with Gasteiger partial charge in [0.05, 0.1) is 0 Å². The molecule has 1 aliphatic heterocycles. The first-order valence-electron chi connectivity index (χ1n) is 8.70. The summed E-state index contributed by atoms with van der Waals surface area (Å²) < 4.78 is 0. The normalized spacial score (nSPS) is 17.7. The van der Waals surface area contributed by atoms with Crippen molar-refractivity contribution in [1.82, 2.24) is 9.97 Å². The summed E-state index contributed by atoms with van der Waals surface area (Å²) in [6.45, 7) is 15.4. The maximum atomic E-state index is 4.57. The van der Waals surface area contributed by atoms with Gasteiger partial charge in [0, 0.05) is 47.2 Å². The Balaban J connectivity index is 2.04. The summed E-state index contributed by atoms with van der Waals surface area (Å²) in [5.41, 5.74) is 5.53. The van der Waals surface area contributed by atoms with E-state index in [1.807, 2.05) is 24.5 Å². The molecule has 0 bridgehead atoms. The van der Waals surface area contributed by atoms with Gasteiger partial charge in [-0.1, -0.05) is 46.4 Å². The Morgan fingerprint density at radius 1 is 1.16 bits per heavy atom. The number of rotatable bonds is 3. The zero-order chi connectivity index (χ0) is 18.4. The molecule has 1 aliphatic rings. The largest absolute Gasteiger partial charge is 0.332 e. The van der Waals surface area contributed by atoms with Crippen LogP contribution in [0.5, 0.6) is 0 Å². The van der Waals surface area contributed by atoms with Crippen molar-refractivity contribution < 1.29 is 0 Å². The first-order chi connectivity index (χ1) is 11.7. The Kier molecular flexibility index (Phi) is 4.06. The molecule has 0 saturated carbocycles. The predicted molar refractivity (Wildman–Crippen MR) is 105 cm³/mol. The summed E-state index contributed by atoms with van der Waals surface area (Å²) in [6.07, 6.45) is 5.92. The van der Waals surface area contributed by atoms with E-state index in [9.17, 15) is 0 Å². The third-order valence-electron chi connectivity index (χ3n) is 5.57. The fourth-order valence-electron chi connectivity index (χ4n) is 3.76. The van der Waals surface area contributed by atoms with Gasteiger partial charge in [-0.05, 0) is 36.3 Å². The lowest BCUT2D eigenvalue weighted by molar-refractivity contribution is 0.613. The molecule has 0 unspecified atom stereocenters. The molecule has 130 valence electrons. The molecule has 0 radical (unpaired) electrons. The molecule has 2 aromatic rings. The van der Waals surface area contributed by atoms with Gasteiger partial charge in [-0.25, -0.2) is 4.98 Å². The van der Waals surface area contributed by atoms with Crippen LogP contribution in [0.4, 0.5) is 5.82 Å². The maximum absolute atomic E-state index is 4.57. The van der Waals surface area contributed by atoms with Gasteiger partial charge in [-0.2, -0.15) is 0 Å². The molecule has 0 amide bonds. The Bertz CT molecular complexity index is 859. The second-order valence-corrected chi connectivity index (χ2v) is 7.87. The van der Waals surface area contributed by atoms with Gasteiger partial charge in [-0.3, -0.25) is 4.98 Å². The molecule has 0 aromatic carbocycles. The second-order valence-electron chi connectivity index (χ2n) is 7.87. The van der Waals surface area contributed by atoms with Crippen molar-refractivity contribution in [2.75, 3.05) is 11.9 Å². The van der Waals surface area contributed by atoms with Gasteiger partial charge in [-0.15, -0.1) is 0 Å². The van der Waals surface area contributed by atoms with Crippen molar-refractivity contribution in [2.24, 2.45) is 0 Å². The number of pyridine rings is 2. The van der Waals surface area contributed by atoms with Crippen LogP contribution >= 0.6 is 0 Å². The van der Waals surface area contributed by atoms with E-state index >= 15 is 0 Å². The van der Waals surface area contributed by atoms with Gasteiger partial charge < -0.3 is 4.90 Å². The number of aryl methyl sites for hydroxylation is 1. The van der Waals surface area contributed by atoms with Crippen LogP contribution in [0.15, 0.2) is 60.6 Å². The lowest BCUT2D eigenvalue weighted by Gasteiger charge is -2.30. The fourth-order valence-corrected chi connectivity index (χ4v) is 3.76. The Morgan fingerprint density at radius 3 is 2.44 bits per heavy atom. The number of hydrogen-bond acceptors (Lipinski definition) is 3. The molecule has 0 spiro atoms. The van der Waals surface area contributed by atoms with Gasteiger partial charge in [0.25, 0.3) is 0 Å². The van der Waals surface area contributed by atoms with Gasteiger partial charge in [0.1, 0.15) is 5.82 Å². The van der Waals surface area contributed by atoms with Crippen LogP contribution in [0, 0.1) is 6.92 Å². The number of likely N-dealkylation sites (N-methyl/N-ethyl adjacent to an activating group) is 1. The highest BCUT2D eigenvalue weighted by molar-refractivity contribution is 5.67. The van der Waals surface area contributed by atoms with E-state index in [4.69, 9.17) is 0 Å². The molecule has 0 aliphatic carbocycles. The third-order valence-corrected chi connectivity index (χ3v) is 5.57. The highest BCUT2D eigenvalue weighted by Gasteiger charge is 2.40. The van der Waals surface area contributed by atoms with Gasteiger partial charge >= 0.3 is 0 Å². The van der Waals surface area contributed by atoms with Crippen LogP contribution in [0.1, 0.15) is 44.5 Å². The molecule has 0 fully saturated rings. The van der Waals surface area contributed by atoms with Crippen molar-refractivity contribution in [3.8, 4) is 0 Å². The van der Waals surface area contributed by atoms with E-state index in [1.165, 1.54) is 16.8 Å². The average molecular weight is 333 g/mol. The molecule has 0 N–H and O–H groups in total. The molecule has 3 nitrogen and oxygen atoms in total.